The minimum absolute atomic E-state index is 0.0658. The molecule has 5 rings (SSSR count). The van der Waals surface area contributed by atoms with E-state index >= 15 is 0 Å². The zero-order valence-electron chi connectivity index (χ0n) is 13.7. The Morgan fingerprint density at radius 2 is 1.95 bits per heavy atom. The summed E-state index contributed by atoms with van der Waals surface area (Å²) in [4.78, 5) is 12.4. The maximum absolute atomic E-state index is 14.0. The quantitative estimate of drug-likeness (QED) is 0.631. The first-order chi connectivity index (χ1) is 10.4. The Kier molecular flexibility index (Phi) is 2.51. The van der Waals surface area contributed by atoms with Crippen LogP contribution in [0.4, 0.5) is 4.39 Å². The van der Waals surface area contributed by atoms with Gasteiger partial charge in [-0.2, -0.15) is 0 Å². The minimum Gasteiger partial charge on any atom is -0.365 e. The molecule has 4 saturated carbocycles. The maximum atomic E-state index is 14.0. The molecule has 0 aromatic heterocycles. The third kappa shape index (κ3) is 1.39. The number of hydrogen-bond donors (Lipinski definition) is 0. The van der Waals surface area contributed by atoms with Gasteiger partial charge < -0.3 is 4.74 Å². The van der Waals surface area contributed by atoms with Crippen LogP contribution in [0.3, 0.4) is 0 Å². The van der Waals surface area contributed by atoms with E-state index in [9.17, 15) is 9.18 Å². The number of carbonyl (C=O) groups is 1. The van der Waals surface area contributed by atoms with Gasteiger partial charge in [0.1, 0.15) is 17.6 Å². The Morgan fingerprint density at radius 1 is 1.14 bits per heavy atom. The number of ketones is 1. The fourth-order valence-electron chi connectivity index (χ4n) is 7.40. The van der Waals surface area contributed by atoms with Crippen molar-refractivity contribution in [2.45, 2.75) is 83.1 Å². The van der Waals surface area contributed by atoms with Crippen molar-refractivity contribution in [1.82, 2.24) is 0 Å². The van der Waals surface area contributed by atoms with E-state index in [2.05, 4.69) is 13.8 Å². The van der Waals surface area contributed by atoms with E-state index < -0.39 is 6.17 Å². The molecular formula is C19H27FO2. The van der Waals surface area contributed by atoms with E-state index in [1.54, 1.807) is 0 Å². The highest BCUT2D eigenvalue weighted by Gasteiger charge is 2.76. The van der Waals surface area contributed by atoms with Crippen LogP contribution in [0, 0.1) is 28.6 Å². The molecule has 0 radical (unpaired) electrons. The smallest absolute Gasteiger partial charge is 0.139 e. The van der Waals surface area contributed by atoms with Crippen LogP contribution in [0.5, 0.6) is 0 Å². The summed E-state index contributed by atoms with van der Waals surface area (Å²) in [6.07, 6.45) is 7.05. The molecule has 122 valence electrons. The molecule has 2 nitrogen and oxygen atoms in total. The molecule has 1 saturated heterocycles. The molecule has 1 spiro atoms. The number of ether oxygens (including phenoxy) is 1. The highest BCUT2D eigenvalue weighted by molar-refractivity contribution is 5.87. The van der Waals surface area contributed by atoms with Gasteiger partial charge in [0.15, 0.2) is 0 Å². The largest absolute Gasteiger partial charge is 0.365 e. The third-order valence-corrected chi connectivity index (χ3v) is 8.73. The number of epoxide rings is 1. The SMILES string of the molecule is C[C@]12CC[C@H]3[C@@H](C[C@@H]4O[C@@]45C[C@@H](F)CC[C@]35C)[C@@H]1CCC2=O. The first-order valence-electron chi connectivity index (χ1n) is 9.26. The third-order valence-electron chi connectivity index (χ3n) is 8.73. The number of hydrogen-bond acceptors (Lipinski definition) is 2. The van der Waals surface area contributed by atoms with Gasteiger partial charge in [0.05, 0.1) is 6.10 Å². The Labute approximate surface area is 132 Å². The number of carbonyl (C=O) groups excluding carboxylic acids is 1. The molecule has 5 fully saturated rings. The van der Waals surface area contributed by atoms with Gasteiger partial charge in [0.25, 0.3) is 0 Å². The lowest BCUT2D eigenvalue weighted by molar-refractivity contribution is -0.136. The van der Waals surface area contributed by atoms with Crippen molar-refractivity contribution in [2.24, 2.45) is 28.6 Å². The number of Topliss-reactive ketones (excluding diaryl/α,β-unsaturated/α-hetero) is 1. The molecule has 5 aliphatic rings. The molecule has 0 unspecified atom stereocenters. The molecule has 0 bridgehead atoms. The maximum Gasteiger partial charge on any atom is 0.139 e. The summed E-state index contributed by atoms with van der Waals surface area (Å²) in [5.74, 6) is 2.33. The van der Waals surface area contributed by atoms with Crippen LogP contribution in [-0.2, 0) is 9.53 Å². The zero-order chi connectivity index (χ0) is 15.3. The second-order valence-electron chi connectivity index (χ2n) is 9.28. The van der Waals surface area contributed by atoms with Gasteiger partial charge in [0.2, 0.25) is 0 Å². The van der Waals surface area contributed by atoms with Crippen molar-refractivity contribution in [3.05, 3.63) is 0 Å². The number of halogens is 1. The summed E-state index contributed by atoms with van der Waals surface area (Å²) in [5.41, 5.74) is -0.0674. The predicted octanol–water partition coefficient (Wildman–Crippen LogP) is 4.07. The Morgan fingerprint density at radius 3 is 2.77 bits per heavy atom. The highest BCUT2D eigenvalue weighted by Crippen LogP contribution is 2.73. The minimum atomic E-state index is -0.670. The lowest BCUT2D eigenvalue weighted by atomic mass is 9.45. The van der Waals surface area contributed by atoms with Gasteiger partial charge in [-0.1, -0.05) is 13.8 Å². The standard InChI is InChI=1S/C19H27FO2/c1-17-7-6-14-12(13(17)3-4-15(17)21)9-16-19(22-16)10-11(20)5-8-18(14,19)2/h11-14,16H,3-10H2,1-2H3/t11-,12-,13-,14-,16-,17-,18+,19-/m0/s1. The lowest BCUT2D eigenvalue weighted by Crippen LogP contribution is -2.58. The fraction of sp³-hybridized carbons (Fsp3) is 0.947. The molecule has 1 aliphatic heterocycles. The zero-order valence-corrected chi connectivity index (χ0v) is 13.7. The summed E-state index contributed by atoms with van der Waals surface area (Å²) in [5, 5.41) is 0. The van der Waals surface area contributed by atoms with Gasteiger partial charge in [-0.25, -0.2) is 4.39 Å². The molecule has 4 aliphatic carbocycles. The Balaban J connectivity index is 1.53. The summed E-state index contributed by atoms with van der Waals surface area (Å²) < 4.78 is 20.2. The first kappa shape index (κ1) is 13.9. The van der Waals surface area contributed by atoms with Gasteiger partial charge >= 0.3 is 0 Å². The van der Waals surface area contributed by atoms with Crippen molar-refractivity contribution in [2.75, 3.05) is 0 Å². The van der Waals surface area contributed by atoms with Crippen molar-refractivity contribution in [1.29, 1.82) is 0 Å². The molecule has 0 aromatic rings. The van der Waals surface area contributed by atoms with E-state index in [1.807, 2.05) is 0 Å². The first-order valence-corrected chi connectivity index (χ1v) is 9.26. The van der Waals surface area contributed by atoms with Crippen molar-refractivity contribution < 1.29 is 13.9 Å². The van der Waals surface area contributed by atoms with E-state index in [0.29, 0.717) is 36.4 Å². The average Bonchev–Trinajstić information content (AvgIpc) is 3.08. The summed E-state index contributed by atoms with van der Waals surface area (Å²) in [7, 11) is 0. The van der Waals surface area contributed by atoms with Crippen LogP contribution < -0.4 is 0 Å². The molecule has 1 heterocycles. The van der Waals surface area contributed by atoms with E-state index in [0.717, 1.165) is 38.5 Å². The molecule has 0 amide bonds. The van der Waals surface area contributed by atoms with Crippen molar-refractivity contribution in [3.8, 4) is 0 Å². The average molecular weight is 306 g/mol. The topological polar surface area (TPSA) is 29.6 Å². The number of rotatable bonds is 0. The summed E-state index contributed by atoms with van der Waals surface area (Å²) in [6, 6.07) is 0. The van der Waals surface area contributed by atoms with Crippen LogP contribution >= 0.6 is 0 Å². The fourth-order valence-corrected chi connectivity index (χ4v) is 7.40. The molecule has 8 atom stereocenters. The second-order valence-corrected chi connectivity index (χ2v) is 9.28. The number of fused-ring (bicyclic) bond motifs is 4. The van der Waals surface area contributed by atoms with Gasteiger partial charge in [-0.3, -0.25) is 4.79 Å². The van der Waals surface area contributed by atoms with Crippen LogP contribution in [0.1, 0.15) is 65.2 Å². The van der Waals surface area contributed by atoms with E-state index in [1.165, 1.54) is 0 Å². The molecule has 0 aromatic carbocycles. The van der Waals surface area contributed by atoms with E-state index in [4.69, 9.17) is 4.74 Å². The van der Waals surface area contributed by atoms with E-state index in [-0.39, 0.29) is 22.5 Å². The molecule has 3 heteroatoms. The summed E-state index contributed by atoms with van der Waals surface area (Å²) in [6.45, 7) is 4.61. The highest BCUT2D eigenvalue weighted by atomic mass is 19.1. The van der Waals surface area contributed by atoms with Gasteiger partial charge in [-0.05, 0) is 56.3 Å². The number of alkyl halides is 1. The van der Waals surface area contributed by atoms with Crippen LogP contribution in [-0.4, -0.2) is 23.7 Å². The second kappa shape index (κ2) is 3.96. The van der Waals surface area contributed by atoms with Gasteiger partial charge in [0, 0.05) is 23.7 Å². The van der Waals surface area contributed by atoms with Crippen LogP contribution in [0.15, 0.2) is 0 Å². The Bertz CT molecular complexity index is 548. The van der Waals surface area contributed by atoms with Crippen molar-refractivity contribution >= 4 is 5.78 Å². The molecule has 0 N–H and O–H groups in total. The predicted molar refractivity (Wildman–Crippen MR) is 81.1 cm³/mol. The van der Waals surface area contributed by atoms with Crippen LogP contribution in [0.2, 0.25) is 0 Å². The van der Waals surface area contributed by atoms with Gasteiger partial charge in [-0.15, -0.1) is 0 Å². The summed E-state index contributed by atoms with van der Waals surface area (Å²) >= 11 is 0. The lowest BCUT2D eigenvalue weighted by Gasteiger charge is -2.58. The van der Waals surface area contributed by atoms with Crippen LogP contribution in [0.25, 0.3) is 0 Å². The van der Waals surface area contributed by atoms with Crippen molar-refractivity contribution in [3.63, 3.8) is 0 Å². The molecule has 22 heavy (non-hydrogen) atoms. The molecular weight excluding hydrogens is 279 g/mol. The monoisotopic (exact) mass is 306 g/mol. The Hall–Kier alpha value is -0.440. The normalized spacial score (nSPS) is 62.7.